The number of imide groups is 1. The van der Waals surface area contributed by atoms with Crippen LogP contribution in [0.3, 0.4) is 0 Å². The van der Waals surface area contributed by atoms with Gasteiger partial charge in [-0.1, -0.05) is 43.2 Å². The monoisotopic (exact) mass is 406 g/mol. The summed E-state index contributed by atoms with van der Waals surface area (Å²) in [4.78, 5) is 35.8. The van der Waals surface area contributed by atoms with Crippen molar-refractivity contribution in [3.63, 3.8) is 0 Å². The van der Waals surface area contributed by atoms with Crippen molar-refractivity contribution < 1.29 is 18.7 Å². The van der Waals surface area contributed by atoms with Gasteiger partial charge in [-0.05, 0) is 36.1 Å². The maximum absolute atomic E-state index is 12.0. The quantitative estimate of drug-likeness (QED) is 0.631. The minimum atomic E-state index is -0.551. The van der Waals surface area contributed by atoms with Crippen molar-refractivity contribution in [2.45, 2.75) is 31.7 Å². The highest BCUT2D eigenvalue weighted by molar-refractivity contribution is 5.95. The lowest BCUT2D eigenvalue weighted by Crippen LogP contribution is -2.45. The third-order valence-corrected chi connectivity index (χ3v) is 5.11. The van der Waals surface area contributed by atoms with Gasteiger partial charge < -0.3 is 14.5 Å². The fraction of sp³-hybridized carbons (Fsp3) is 0.261. The summed E-state index contributed by atoms with van der Waals surface area (Å²) in [5, 5.41) is 5.81. The zero-order valence-corrected chi connectivity index (χ0v) is 16.4. The normalized spacial score (nSPS) is 13.9. The van der Waals surface area contributed by atoms with Crippen LogP contribution in [-0.4, -0.2) is 24.6 Å². The Balaban J connectivity index is 1.43. The third kappa shape index (κ3) is 4.68. The molecule has 1 aliphatic carbocycles. The Morgan fingerprint density at radius 2 is 1.80 bits per heavy atom. The summed E-state index contributed by atoms with van der Waals surface area (Å²) in [5.41, 5.74) is 1.55. The molecule has 0 radical (unpaired) electrons. The van der Waals surface area contributed by atoms with Crippen LogP contribution in [0, 0.1) is 0 Å². The number of carbonyl (C=O) groups excluding carboxylic acids is 2. The van der Waals surface area contributed by atoms with Gasteiger partial charge in [0.15, 0.2) is 6.61 Å². The van der Waals surface area contributed by atoms with Gasteiger partial charge >= 0.3 is 11.7 Å². The van der Waals surface area contributed by atoms with Crippen LogP contribution in [0.25, 0.3) is 22.1 Å². The molecule has 3 aromatic rings. The number of hydrogen-bond donors (Lipinski definition) is 2. The SMILES string of the molecule is O=C(COc1ccc2c(-c3ccccc3)cc(=O)oc2c1)NC(=O)NC1CCCC1. The molecular formula is C23H22N2O5. The van der Waals surface area contributed by atoms with E-state index in [2.05, 4.69) is 10.6 Å². The summed E-state index contributed by atoms with van der Waals surface area (Å²) in [6.07, 6.45) is 4.05. The molecule has 0 bridgehead atoms. The van der Waals surface area contributed by atoms with Crippen molar-refractivity contribution in [2.24, 2.45) is 0 Å². The second-order valence-electron chi connectivity index (χ2n) is 7.29. The van der Waals surface area contributed by atoms with Crippen molar-refractivity contribution in [1.29, 1.82) is 0 Å². The summed E-state index contributed by atoms with van der Waals surface area (Å²) < 4.78 is 10.8. The summed E-state index contributed by atoms with van der Waals surface area (Å²) in [6, 6.07) is 15.6. The van der Waals surface area contributed by atoms with Crippen LogP contribution in [-0.2, 0) is 4.79 Å². The average Bonchev–Trinajstić information content (AvgIpc) is 3.24. The van der Waals surface area contributed by atoms with E-state index in [4.69, 9.17) is 9.15 Å². The molecule has 2 N–H and O–H groups in total. The number of hydrogen-bond acceptors (Lipinski definition) is 5. The number of benzene rings is 2. The topological polar surface area (TPSA) is 97.6 Å². The molecule has 7 nitrogen and oxygen atoms in total. The minimum Gasteiger partial charge on any atom is -0.484 e. The third-order valence-electron chi connectivity index (χ3n) is 5.11. The first-order valence-corrected chi connectivity index (χ1v) is 9.95. The van der Waals surface area contributed by atoms with Gasteiger partial charge in [-0.25, -0.2) is 9.59 Å². The van der Waals surface area contributed by atoms with E-state index in [1.54, 1.807) is 18.2 Å². The molecule has 0 saturated heterocycles. The Bertz CT molecular complexity index is 1120. The first kappa shape index (κ1) is 19.7. The van der Waals surface area contributed by atoms with Gasteiger partial charge in [-0.3, -0.25) is 10.1 Å². The van der Waals surface area contributed by atoms with Crippen molar-refractivity contribution in [3.8, 4) is 16.9 Å². The molecule has 1 saturated carbocycles. The lowest BCUT2D eigenvalue weighted by Gasteiger charge is -2.12. The Labute approximate surface area is 173 Å². The Morgan fingerprint density at radius 1 is 1.03 bits per heavy atom. The van der Waals surface area contributed by atoms with E-state index in [0.717, 1.165) is 42.2 Å². The van der Waals surface area contributed by atoms with Crippen molar-refractivity contribution in [1.82, 2.24) is 10.6 Å². The largest absolute Gasteiger partial charge is 0.484 e. The summed E-state index contributed by atoms with van der Waals surface area (Å²) in [5.74, 6) is -0.188. The lowest BCUT2D eigenvalue weighted by molar-refractivity contribution is -0.122. The summed E-state index contributed by atoms with van der Waals surface area (Å²) in [6.45, 7) is -0.327. The van der Waals surface area contributed by atoms with E-state index in [0.29, 0.717) is 11.3 Å². The molecule has 2 aromatic carbocycles. The van der Waals surface area contributed by atoms with Crippen LogP contribution in [0.4, 0.5) is 4.79 Å². The minimum absolute atomic E-state index is 0.126. The first-order valence-electron chi connectivity index (χ1n) is 9.95. The molecule has 1 fully saturated rings. The predicted molar refractivity (Wildman–Crippen MR) is 112 cm³/mol. The smallest absolute Gasteiger partial charge is 0.336 e. The van der Waals surface area contributed by atoms with E-state index >= 15 is 0 Å². The van der Waals surface area contributed by atoms with Crippen LogP contribution in [0.15, 0.2) is 63.8 Å². The second-order valence-corrected chi connectivity index (χ2v) is 7.29. The van der Waals surface area contributed by atoms with Crippen LogP contribution in [0.5, 0.6) is 5.75 Å². The van der Waals surface area contributed by atoms with Crippen LogP contribution >= 0.6 is 0 Å². The number of rotatable bonds is 5. The average molecular weight is 406 g/mol. The summed E-state index contributed by atoms with van der Waals surface area (Å²) in [7, 11) is 0. The van der Waals surface area contributed by atoms with Crippen LogP contribution in [0.1, 0.15) is 25.7 Å². The molecule has 1 heterocycles. The van der Waals surface area contributed by atoms with E-state index in [1.807, 2.05) is 30.3 Å². The van der Waals surface area contributed by atoms with E-state index in [9.17, 15) is 14.4 Å². The second kappa shape index (κ2) is 8.82. The van der Waals surface area contributed by atoms with Gasteiger partial charge in [-0.2, -0.15) is 0 Å². The van der Waals surface area contributed by atoms with Gasteiger partial charge in [-0.15, -0.1) is 0 Å². The molecule has 0 spiro atoms. The molecule has 4 rings (SSSR count). The van der Waals surface area contributed by atoms with Crippen LogP contribution in [0.2, 0.25) is 0 Å². The molecule has 0 unspecified atom stereocenters. The van der Waals surface area contributed by atoms with Crippen molar-refractivity contribution in [2.75, 3.05) is 6.61 Å². The zero-order valence-electron chi connectivity index (χ0n) is 16.4. The van der Waals surface area contributed by atoms with Crippen molar-refractivity contribution >= 4 is 22.9 Å². The van der Waals surface area contributed by atoms with E-state index < -0.39 is 17.6 Å². The molecule has 1 aromatic heterocycles. The maximum atomic E-state index is 12.0. The first-order chi connectivity index (χ1) is 14.6. The number of amides is 3. The summed E-state index contributed by atoms with van der Waals surface area (Å²) >= 11 is 0. The highest BCUT2D eigenvalue weighted by atomic mass is 16.5. The molecule has 1 aliphatic rings. The fourth-order valence-electron chi connectivity index (χ4n) is 3.69. The molecule has 0 atom stereocenters. The van der Waals surface area contributed by atoms with Gasteiger partial charge in [0.2, 0.25) is 0 Å². The number of fused-ring (bicyclic) bond motifs is 1. The standard InChI is InChI=1S/C23H22N2O5/c26-21(25-23(28)24-16-8-4-5-9-16)14-29-17-10-11-18-19(15-6-2-1-3-7-15)13-22(27)30-20(18)12-17/h1-3,6-7,10-13,16H,4-5,8-9,14H2,(H2,24,25,26,28). The van der Waals surface area contributed by atoms with Gasteiger partial charge in [0, 0.05) is 23.6 Å². The Morgan fingerprint density at radius 3 is 2.57 bits per heavy atom. The lowest BCUT2D eigenvalue weighted by atomic mass is 10.0. The predicted octanol–water partition coefficient (Wildman–Crippen LogP) is 3.61. The van der Waals surface area contributed by atoms with Crippen molar-refractivity contribution in [3.05, 3.63) is 65.0 Å². The molecule has 30 heavy (non-hydrogen) atoms. The van der Waals surface area contributed by atoms with Gasteiger partial charge in [0.1, 0.15) is 11.3 Å². The Hall–Kier alpha value is -3.61. The van der Waals surface area contributed by atoms with Gasteiger partial charge in [0.05, 0.1) is 0 Å². The zero-order chi connectivity index (χ0) is 20.9. The molecule has 7 heteroatoms. The maximum Gasteiger partial charge on any atom is 0.336 e. The fourth-order valence-corrected chi connectivity index (χ4v) is 3.69. The van der Waals surface area contributed by atoms with E-state index in [1.165, 1.54) is 6.07 Å². The number of nitrogens with one attached hydrogen (secondary N) is 2. The number of carbonyl (C=O) groups is 2. The Kier molecular flexibility index (Phi) is 5.79. The van der Waals surface area contributed by atoms with Gasteiger partial charge in [0.25, 0.3) is 5.91 Å². The van der Waals surface area contributed by atoms with E-state index in [-0.39, 0.29) is 12.6 Å². The molecule has 3 amide bonds. The molecule has 154 valence electrons. The molecular weight excluding hydrogens is 384 g/mol. The highest BCUT2D eigenvalue weighted by Gasteiger charge is 2.18. The molecule has 0 aliphatic heterocycles. The number of urea groups is 1. The number of ether oxygens (including phenoxy) is 1. The highest BCUT2D eigenvalue weighted by Crippen LogP contribution is 2.29. The van der Waals surface area contributed by atoms with Crippen LogP contribution < -0.4 is 21.0 Å².